The molecule has 0 unspecified atom stereocenters. The first-order valence-corrected chi connectivity index (χ1v) is 11.2. The van der Waals surface area contributed by atoms with Gasteiger partial charge in [-0.2, -0.15) is 13.2 Å². The van der Waals surface area contributed by atoms with Crippen molar-refractivity contribution in [3.63, 3.8) is 0 Å². The standard InChI is InChI=1S/C24H27F3N4O/c25-24(26,27)19-4-6-20(7-5-19)29-10-12-30(13-11-29)21-15-31(16-21)23(32)18-3-8-22-17(14-18)2-1-9-28-22/h3-8,14,21,28H,1-2,9-13,15-16H2. The van der Waals surface area contributed by atoms with Crippen LogP contribution in [-0.4, -0.2) is 67.6 Å². The van der Waals surface area contributed by atoms with Gasteiger partial charge in [-0.1, -0.05) is 0 Å². The number of fused-ring (bicyclic) bond motifs is 1. The number of amides is 1. The van der Waals surface area contributed by atoms with E-state index in [1.54, 1.807) is 12.1 Å². The SMILES string of the molecule is O=C(c1ccc2c(c1)CCCN2)N1CC(N2CCN(c3ccc(C(F)(F)F)cc3)CC2)C1. The van der Waals surface area contributed by atoms with Crippen LogP contribution in [0.1, 0.15) is 27.9 Å². The van der Waals surface area contributed by atoms with Gasteiger partial charge < -0.3 is 15.1 Å². The summed E-state index contributed by atoms with van der Waals surface area (Å²) in [6.07, 6.45) is -2.20. The molecule has 2 aromatic rings. The summed E-state index contributed by atoms with van der Waals surface area (Å²) in [5.41, 5.74) is 3.33. The van der Waals surface area contributed by atoms with E-state index >= 15 is 0 Å². The molecule has 170 valence electrons. The number of piperazine rings is 1. The zero-order chi connectivity index (χ0) is 22.3. The van der Waals surface area contributed by atoms with E-state index < -0.39 is 11.7 Å². The number of carbonyl (C=O) groups is 1. The number of likely N-dealkylation sites (tertiary alicyclic amines) is 1. The molecule has 2 saturated heterocycles. The summed E-state index contributed by atoms with van der Waals surface area (Å²) in [6.45, 7) is 5.68. The molecule has 0 atom stereocenters. The maximum absolute atomic E-state index is 12.9. The molecule has 3 aliphatic heterocycles. The average molecular weight is 445 g/mol. The summed E-state index contributed by atoms with van der Waals surface area (Å²) in [5, 5.41) is 3.38. The van der Waals surface area contributed by atoms with Crippen LogP contribution in [0.2, 0.25) is 0 Å². The lowest BCUT2D eigenvalue weighted by Crippen LogP contribution is -2.64. The fraction of sp³-hybridized carbons (Fsp3) is 0.458. The highest BCUT2D eigenvalue weighted by molar-refractivity contribution is 5.95. The van der Waals surface area contributed by atoms with E-state index in [2.05, 4.69) is 15.1 Å². The van der Waals surface area contributed by atoms with Gasteiger partial charge in [-0.3, -0.25) is 9.69 Å². The molecule has 0 spiro atoms. The molecule has 32 heavy (non-hydrogen) atoms. The molecule has 0 bridgehead atoms. The second-order valence-corrected chi connectivity index (χ2v) is 8.83. The molecule has 2 aromatic carbocycles. The van der Waals surface area contributed by atoms with Gasteiger partial charge in [0.15, 0.2) is 0 Å². The Hall–Kier alpha value is -2.74. The zero-order valence-corrected chi connectivity index (χ0v) is 17.9. The van der Waals surface area contributed by atoms with Crippen molar-refractivity contribution in [1.82, 2.24) is 9.80 Å². The Labute approximate surface area is 185 Å². The van der Waals surface area contributed by atoms with Crippen molar-refractivity contribution in [3.8, 4) is 0 Å². The highest BCUT2D eigenvalue weighted by Gasteiger charge is 2.37. The average Bonchev–Trinajstić information content (AvgIpc) is 2.78. The van der Waals surface area contributed by atoms with E-state index in [9.17, 15) is 18.0 Å². The smallest absolute Gasteiger partial charge is 0.385 e. The molecular formula is C24H27F3N4O. The number of nitrogens with zero attached hydrogens (tertiary/aromatic N) is 3. The first kappa shape index (κ1) is 21.1. The number of halogens is 3. The van der Waals surface area contributed by atoms with Crippen molar-refractivity contribution in [1.29, 1.82) is 0 Å². The van der Waals surface area contributed by atoms with Gasteiger partial charge in [0.1, 0.15) is 0 Å². The number of carbonyl (C=O) groups excluding carboxylic acids is 1. The third-order valence-corrected chi connectivity index (χ3v) is 6.83. The number of aryl methyl sites for hydroxylation is 1. The number of nitrogens with one attached hydrogen (secondary N) is 1. The van der Waals surface area contributed by atoms with Crippen LogP contribution in [0.3, 0.4) is 0 Å². The van der Waals surface area contributed by atoms with Gasteiger partial charge >= 0.3 is 6.18 Å². The molecule has 1 amide bonds. The summed E-state index contributed by atoms with van der Waals surface area (Å²) < 4.78 is 38.3. The van der Waals surface area contributed by atoms with Crippen LogP contribution < -0.4 is 10.2 Å². The third kappa shape index (κ3) is 4.16. The largest absolute Gasteiger partial charge is 0.416 e. The summed E-state index contributed by atoms with van der Waals surface area (Å²) in [4.78, 5) is 19.3. The van der Waals surface area contributed by atoms with Gasteiger partial charge in [0, 0.05) is 68.8 Å². The monoisotopic (exact) mass is 444 g/mol. The van der Waals surface area contributed by atoms with E-state index in [0.29, 0.717) is 6.04 Å². The van der Waals surface area contributed by atoms with Crippen LogP contribution in [-0.2, 0) is 12.6 Å². The van der Waals surface area contributed by atoms with E-state index in [1.165, 1.54) is 5.56 Å². The Morgan fingerprint density at radius 3 is 2.38 bits per heavy atom. The minimum Gasteiger partial charge on any atom is -0.385 e. The quantitative estimate of drug-likeness (QED) is 0.784. The molecule has 2 fully saturated rings. The first-order chi connectivity index (χ1) is 15.4. The van der Waals surface area contributed by atoms with E-state index in [-0.39, 0.29) is 5.91 Å². The predicted molar refractivity (Wildman–Crippen MR) is 118 cm³/mol. The van der Waals surface area contributed by atoms with E-state index in [1.807, 2.05) is 23.1 Å². The minimum absolute atomic E-state index is 0.0954. The molecule has 5 rings (SSSR count). The Bertz CT molecular complexity index is 978. The molecule has 3 aliphatic rings. The Morgan fingerprint density at radius 1 is 0.969 bits per heavy atom. The molecule has 8 heteroatoms. The number of hydrogen-bond acceptors (Lipinski definition) is 4. The fourth-order valence-corrected chi connectivity index (χ4v) is 4.85. The van der Waals surface area contributed by atoms with Crippen molar-refractivity contribution in [3.05, 3.63) is 59.2 Å². The van der Waals surface area contributed by atoms with Gasteiger partial charge in [0.05, 0.1) is 5.56 Å². The Balaban J connectivity index is 1.12. The van der Waals surface area contributed by atoms with Gasteiger partial charge in [-0.15, -0.1) is 0 Å². The Kier molecular flexibility index (Phi) is 5.49. The lowest BCUT2D eigenvalue weighted by atomic mass is 9.98. The summed E-state index contributed by atoms with van der Waals surface area (Å²) in [6, 6.07) is 11.7. The highest BCUT2D eigenvalue weighted by Crippen LogP contribution is 2.31. The third-order valence-electron chi connectivity index (χ3n) is 6.83. The van der Waals surface area contributed by atoms with Gasteiger partial charge in [0.2, 0.25) is 0 Å². The normalized spacial score (nSPS) is 19.8. The van der Waals surface area contributed by atoms with Crippen LogP contribution in [0.4, 0.5) is 24.5 Å². The predicted octanol–water partition coefficient (Wildman–Crippen LogP) is 3.71. The summed E-state index contributed by atoms with van der Waals surface area (Å²) in [5.74, 6) is 0.0954. The van der Waals surface area contributed by atoms with Crippen molar-refractivity contribution < 1.29 is 18.0 Å². The van der Waals surface area contributed by atoms with E-state index in [0.717, 1.165) is 87.7 Å². The van der Waals surface area contributed by atoms with Crippen LogP contribution in [0.25, 0.3) is 0 Å². The fourth-order valence-electron chi connectivity index (χ4n) is 4.85. The molecular weight excluding hydrogens is 417 g/mol. The van der Waals surface area contributed by atoms with Crippen molar-refractivity contribution >= 4 is 17.3 Å². The Morgan fingerprint density at radius 2 is 1.69 bits per heavy atom. The number of hydrogen-bond donors (Lipinski definition) is 1. The van der Waals surface area contributed by atoms with E-state index in [4.69, 9.17) is 0 Å². The molecule has 0 aliphatic carbocycles. The second-order valence-electron chi connectivity index (χ2n) is 8.83. The lowest BCUT2D eigenvalue weighted by Gasteiger charge is -2.48. The maximum atomic E-state index is 12.9. The van der Waals surface area contributed by atoms with Crippen molar-refractivity contribution in [2.75, 3.05) is 56.0 Å². The highest BCUT2D eigenvalue weighted by atomic mass is 19.4. The van der Waals surface area contributed by atoms with Crippen LogP contribution >= 0.6 is 0 Å². The lowest BCUT2D eigenvalue weighted by molar-refractivity contribution is -0.137. The van der Waals surface area contributed by atoms with Crippen LogP contribution in [0.5, 0.6) is 0 Å². The van der Waals surface area contributed by atoms with Crippen LogP contribution in [0, 0.1) is 0 Å². The minimum atomic E-state index is -4.30. The molecule has 1 N–H and O–H groups in total. The van der Waals surface area contributed by atoms with Gasteiger partial charge in [0.25, 0.3) is 5.91 Å². The molecule has 5 nitrogen and oxygen atoms in total. The maximum Gasteiger partial charge on any atom is 0.416 e. The van der Waals surface area contributed by atoms with Gasteiger partial charge in [-0.25, -0.2) is 0 Å². The second kappa shape index (κ2) is 8.31. The number of rotatable bonds is 3. The topological polar surface area (TPSA) is 38.8 Å². The molecule has 0 aromatic heterocycles. The van der Waals surface area contributed by atoms with Crippen LogP contribution in [0.15, 0.2) is 42.5 Å². The van der Waals surface area contributed by atoms with Crippen molar-refractivity contribution in [2.24, 2.45) is 0 Å². The number of alkyl halides is 3. The molecule has 0 saturated carbocycles. The summed E-state index contributed by atoms with van der Waals surface area (Å²) >= 11 is 0. The van der Waals surface area contributed by atoms with Crippen molar-refractivity contribution in [2.45, 2.75) is 25.1 Å². The number of anilines is 2. The first-order valence-electron chi connectivity index (χ1n) is 11.2. The van der Waals surface area contributed by atoms with Gasteiger partial charge in [-0.05, 0) is 60.9 Å². The summed E-state index contributed by atoms with van der Waals surface area (Å²) in [7, 11) is 0. The molecule has 0 radical (unpaired) electrons. The number of benzene rings is 2. The zero-order valence-electron chi connectivity index (χ0n) is 17.9. The molecule has 3 heterocycles.